The van der Waals surface area contributed by atoms with Gasteiger partial charge in [0.05, 0.1) is 5.56 Å². The van der Waals surface area contributed by atoms with Crippen molar-refractivity contribution in [1.29, 1.82) is 0 Å². The molecule has 0 unspecified atom stereocenters. The number of benzene rings is 3. The van der Waals surface area contributed by atoms with E-state index in [0.29, 0.717) is 23.7 Å². The zero-order chi connectivity index (χ0) is 19.1. The van der Waals surface area contributed by atoms with Crippen molar-refractivity contribution in [1.82, 2.24) is 5.32 Å². The van der Waals surface area contributed by atoms with Crippen LogP contribution in [-0.2, 0) is 19.7 Å². The molecule has 0 bridgehead atoms. The fraction of sp³-hybridized carbons (Fsp3) is 0.136. The lowest BCUT2D eigenvalue weighted by molar-refractivity contribution is -0.0000212. The van der Waals surface area contributed by atoms with E-state index in [2.05, 4.69) is 5.32 Å². The second-order valence-corrected chi connectivity index (χ2v) is 6.60. The number of carbonyl (C=O) groups is 1. The Labute approximate surface area is 175 Å². The van der Waals surface area contributed by atoms with Crippen LogP contribution in [0.5, 0.6) is 5.75 Å². The smallest absolute Gasteiger partial charge is 0.335 e. The highest BCUT2D eigenvalue weighted by Gasteiger charge is 2.02. The van der Waals surface area contributed by atoms with Gasteiger partial charge in [-0.1, -0.05) is 48.0 Å². The van der Waals surface area contributed by atoms with Crippen molar-refractivity contribution in [2.75, 3.05) is 0 Å². The molecule has 4 nitrogen and oxygen atoms in total. The standard InChI is InChI=1S/C22H20ClNO3.ClH/c23-20-9-3-18(4-10-20)15-27-21-11-5-17(6-12-21)14-24-13-16-1-7-19(8-2-16)22(25)26;/h1-12,24H,13-15H2,(H,25,26);1H/p-1. The van der Waals surface area contributed by atoms with Crippen LogP contribution in [0, 0.1) is 0 Å². The number of halogens is 2. The summed E-state index contributed by atoms with van der Waals surface area (Å²) in [6.07, 6.45) is 0. The highest BCUT2D eigenvalue weighted by Crippen LogP contribution is 2.16. The molecule has 28 heavy (non-hydrogen) atoms. The van der Waals surface area contributed by atoms with Crippen molar-refractivity contribution < 1.29 is 27.0 Å². The molecule has 6 heteroatoms. The molecule has 0 amide bonds. The molecule has 0 radical (unpaired) electrons. The van der Waals surface area contributed by atoms with E-state index in [9.17, 15) is 4.79 Å². The van der Waals surface area contributed by atoms with Crippen LogP contribution in [0.15, 0.2) is 72.8 Å². The molecule has 0 saturated heterocycles. The van der Waals surface area contributed by atoms with E-state index in [4.69, 9.17) is 21.4 Å². The van der Waals surface area contributed by atoms with Crippen LogP contribution in [0.4, 0.5) is 0 Å². The first-order chi connectivity index (χ1) is 13.1. The van der Waals surface area contributed by atoms with E-state index < -0.39 is 5.97 Å². The minimum Gasteiger partial charge on any atom is -1.00 e. The lowest BCUT2D eigenvalue weighted by atomic mass is 10.1. The zero-order valence-corrected chi connectivity index (χ0v) is 16.6. The molecular formula is C22H20Cl2NO3-. The third-order valence-corrected chi connectivity index (χ3v) is 4.35. The molecule has 0 aromatic heterocycles. The average Bonchev–Trinajstić information content (AvgIpc) is 2.69. The van der Waals surface area contributed by atoms with Gasteiger partial charge in [-0.3, -0.25) is 0 Å². The molecule has 0 aliphatic heterocycles. The summed E-state index contributed by atoms with van der Waals surface area (Å²) in [6.45, 7) is 1.90. The van der Waals surface area contributed by atoms with Gasteiger partial charge in [0.15, 0.2) is 0 Å². The van der Waals surface area contributed by atoms with E-state index in [1.54, 1.807) is 12.1 Å². The number of hydrogen-bond acceptors (Lipinski definition) is 3. The van der Waals surface area contributed by atoms with Gasteiger partial charge in [0.2, 0.25) is 0 Å². The Balaban J connectivity index is 0.00000280. The number of rotatable bonds is 8. The second kappa shape index (κ2) is 10.7. The number of hydrogen-bond donors (Lipinski definition) is 2. The SMILES string of the molecule is O=C(O)c1ccc(CNCc2ccc(OCc3ccc(Cl)cc3)cc2)cc1.[Cl-]. The Morgan fingerprint density at radius 3 is 1.86 bits per heavy atom. The maximum Gasteiger partial charge on any atom is 0.335 e. The van der Waals surface area contributed by atoms with Gasteiger partial charge < -0.3 is 27.6 Å². The summed E-state index contributed by atoms with van der Waals surface area (Å²) >= 11 is 5.88. The Morgan fingerprint density at radius 1 is 0.821 bits per heavy atom. The molecular weight excluding hydrogens is 397 g/mol. The molecule has 3 rings (SSSR count). The summed E-state index contributed by atoms with van der Waals surface area (Å²) in [7, 11) is 0. The summed E-state index contributed by atoms with van der Waals surface area (Å²) in [5, 5.41) is 13.0. The fourth-order valence-corrected chi connectivity index (χ4v) is 2.69. The molecule has 0 aliphatic carbocycles. The molecule has 0 spiro atoms. The van der Waals surface area contributed by atoms with Gasteiger partial charge >= 0.3 is 5.97 Å². The Kier molecular flexibility index (Phi) is 8.33. The predicted molar refractivity (Wildman–Crippen MR) is 106 cm³/mol. The summed E-state index contributed by atoms with van der Waals surface area (Å²) in [6, 6.07) is 22.4. The van der Waals surface area contributed by atoms with Crippen LogP contribution in [0.3, 0.4) is 0 Å². The highest BCUT2D eigenvalue weighted by molar-refractivity contribution is 6.30. The van der Waals surface area contributed by atoms with Crippen LogP contribution < -0.4 is 22.5 Å². The van der Waals surface area contributed by atoms with E-state index in [1.807, 2.05) is 60.7 Å². The van der Waals surface area contributed by atoms with Gasteiger partial charge in [0, 0.05) is 18.1 Å². The van der Waals surface area contributed by atoms with Gasteiger partial charge in [-0.15, -0.1) is 0 Å². The van der Waals surface area contributed by atoms with Crippen LogP contribution in [0.2, 0.25) is 5.02 Å². The van der Waals surface area contributed by atoms with Crippen LogP contribution >= 0.6 is 11.6 Å². The quantitative estimate of drug-likeness (QED) is 0.588. The van der Waals surface area contributed by atoms with E-state index >= 15 is 0 Å². The Bertz CT molecular complexity index is 879. The van der Waals surface area contributed by atoms with Crippen LogP contribution in [0.25, 0.3) is 0 Å². The van der Waals surface area contributed by atoms with Gasteiger partial charge in [-0.2, -0.15) is 0 Å². The fourth-order valence-electron chi connectivity index (χ4n) is 2.57. The maximum atomic E-state index is 10.8. The van der Waals surface area contributed by atoms with Crippen molar-refractivity contribution >= 4 is 17.6 Å². The zero-order valence-electron chi connectivity index (χ0n) is 15.1. The minimum atomic E-state index is -0.909. The van der Waals surface area contributed by atoms with Crippen molar-refractivity contribution in [3.8, 4) is 5.75 Å². The predicted octanol–water partition coefficient (Wildman–Crippen LogP) is 1.91. The summed E-state index contributed by atoms with van der Waals surface area (Å²) in [5.74, 6) is -0.0918. The minimum absolute atomic E-state index is 0. The molecule has 0 atom stereocenters. The van der Waals surface area contributed by atoms with E-state index in [-0.39, 0.29) is 12.4 Å². The third kappa shape index (κ3) is 6.57. The third-order valence-electron chi connectivity index (χ3n) is 4.10. The first-order valence-electron chi connectivity index (χ1n) is 8.59. The average molecular weight is 417 g/mol. The van der Waals surface area contributed by atoms with Crippen molar-refractivity contribution in [2.45, 2.75) is 19.7 Å². The second-order valence-electron chi connectivity index (χ2n) is 6.16. The van der Waals surface area contributed by atoms with Crippen molar-refractivity contribution in [2.24, 2.45) is 0 Å². The monoisotopic (exact) mass is 416 g/mol. The Morgan fingerprint density at radius 2 is 1.32 bits per heavy atom. The molecule has 146 valence electrons. The van der Waals surface area contributed by atoms with Gasteiger partial charge in [-0.05, 0) is 53.1 Å². The highest BCUT2D eigenvalue weighted by atomic mass is 35.5. The number of aromatic carboxylic acids is 1. The topological polar surface area (TPSA) is 58.6 Å². The lowest BCUT2D eigenvalue weighted by Gasteiger charge is -2.09. The number of nitrogens with one attached hydrogen (secondary N) is 1. The van der Waals surface area contributed by atoms with Crippen LogP contribution in [0.1, 0.15) is 27.0 Å². The Hall–Kier alpha value is -2.53. The summed E-state index contributed by atoms with van der Waals surface area (Å²) < 4.78 is 5.78. The number of ether oxygens (including phenoxy) is 1. The molecule has 3 aromatic carbocycles. The molecule has 0 aliphatic rings. The summed E-state index contributed by atoms with van der Waals surface area (Å²) in [5.41, 5.74) is 3.56. The number of carboxylic acid groups (broad SMARTS) is 1. The molecule has 3 aromatic rings. The summed E-state index contributed by atoms with van der Waals surface area (Å²) in [4.78, 5) is 10.8. The maximum absolute atomic E-state index is 10.8. The molecule has 0 fully saturated rings. The first kappa shape index (κ1) is 21.8. The molecule has 2 N–H and O–H groups in total. The van der Waals surface area contributed by atoms with Gasteiger partial charge in [-0.25, -0.2) is 4.79 Å². The van der Waals surface area contributed by atoms with Crippen molar-refractivity contribution in [3.63, 3.8) is 0 Å². The first-order valence-corrected chi connectivity index (χ1v) is 8.97. The molecule has 0 heterocycles. The van der Waals surface area contributed by atoms with Gasteiger partial charge in [0.25, 0.3) is 0 Å². The van der Waals surface area contributed by atoms with Crippen LogP contribution in [-0.4, -0.2) is 11.1 Å². The van der Waals surface area contributed by atoms with Gasteiger partial charge in [0.1, 0.15) is 12.4 Å². The number of carboxylic acids is 1. The van der Waals surface area contributed by atoms with E-state index in [1.165, 1.54) is 0 Å². The van der Waals surface area contributed by atoms with Crippen molar-refractivity contribution in [3.05, 3.63) is 100 Å². The largest absolute Gasteiger partial charge is 1.00 e. The normalized spacial score (nSPS) is 10.2. The molecule has 0 saturated carbocycles. The lowest BCUT2D eigenvalue weighted by Crippen LogP contribution is -3.00. The van der Waals surface area contributed by atoms with E-state index in [0.717, 1.165) is 29.0 Å².